The Morgan fingerprint density at radius 3 is 2.46 bits per heavy atom. The molecular weight excluding hydrogens is 348 g/mol. The molecular formula is C20H20N2O3S. The van der Waals surface area contributed by atoms with Gasteiger partial charge in [-0.15, -0.1) is 0 Å². The number of aromatic nitrogens is 1. The summed E-state index contributed by atoms with van der Waals surface area (Å²) in [4.78, 5) is 4.37. The van der Waals surface area contributed by atoms with Crippen molar-refractivity contribution in [1.29, 1.82) is 0 Å². The minimum atomic E-state index is -3.56. The van der Waals surface area contributed by atoms with E-state index in [1.165, 1.54) is 0 Å². The maximum absolute atomic E-state index is 12.4. The molecule has 0 amide bonds. The SMILES string of the molecule is CCc1ccc(S(=O)(=O)NCc2cccc(Oc3ccccn3)c2)cc1. The number of aryl methyl sites for hydroxylation is 1. The van der Waals surface area contributed by atoms with Gasteiger partial charge in [0.1, 0.15) is 5.75 Å². The molecule has 1 N–H and O–H groups in total. The summed E-state index contributed by atoms with van der Waals surface area (Å²) in [5.74, 6) is 1.09. The smallest absolute Gasteiger partial charge is 0.240 e. The molecule has 0 fully saturated rings. The number of nitrogens with one attached hydrogen (secondary N) is 1. The monoisotopic (exact) mass is 368 g/mol. The van der Waals surface area contributed by atoms with Crippen molar-refractivity contribution in [3.63, 3.8) is 0 Å². The van der Waals surface area contributed by atoms with E-state index >= 15 is 0 Å². The molecule has 26 heavy (non-hydrogen) atoms. The van der Waals surface area contributed by atoms with Gasteiger partial charge in [-0.3, -0.25) is 0 Å². The molecule has 5 nitrogen and oxygen atoms in total. The molecule has 0 radical (unpaired) electrons. The molecule has 134 valence electrons. The van der Waals surface area contributed by atoms with Gasteiger partial charge in [0.05, 0.1) is 4.90 Å². The summed E-state index contributed by atoms with van der Waals surface area (Å²) in [6.07, 6.45) is 2.52. The summed E-state index contributed by atoms with van der Waals surface area (Å²) in [6, 6.07) is 19.6. The topological polar surface area (TPSA) is 68.3 Å². The van der Waals surface area contributed by atoms with Crippen LogP contribution in [0.3, 0.4) is 0 Å². The fourth-order valence-electron chi connectivity index (χ4n) is 2.41. The fourth-order valence-corrected chi connectivity index (χ4v) is 3.43. The molecule has 0 aliphatic heterocycles. The molecule has 0 aliphatic carbocycles. The van der Waals surface area contributed by atoms with Crippen LogP contribution in [-0.2, 0) is 23.0 Å². The molecule has 3 aromatic rings. The highest BCUT2D eigenvalue weighted by atomic mass is 32.2. The number of hydrogen-bond donors (Lipinski definition) is 1. The first-order chi connectivity index (χ1) is 12.6. The van der Waals surface area contributed by atoms with Crippen molar-refractivity contribution < 1.29 is 13.2 Å². The van der Waals surface area contributed by atoms with Crippen LogP contribution in [0.25, 0.3) is 0 Å². The third kappa shape index (κ3) is 4.68. The van der Waals surface area contributed by atoms with Gasteiger partial charge >= 0.3 is 0 Å². The molecule has 0 bridgehead atoms. The summed E-state index contributed by atoms with van der Waals surface area (Å²) in [7, 11) is -3.56. The zero-order valence-corrected chi connectivity index (χ0v) is 15.2. The quantitative estimate of drug-likeness (QED) is 0.686. The summed E-state index contributed by atoms with van der Waals surface area (Å²) >= 11 is 0. The predicted molar refractivity (Wildman–Crippen MR) is 101 cm³/mol. The van der Waals surface area contributed by atoms with Gasteiger partial charge < -0.3 is 4.74 Å². The van der Waals surface area contributed by atoms with Crippen molar-refractivity contribution in [3.8, 4) is 11.6 Å². The first kappa shape index (κ1) is 18.1. The normalized spacial score (nSPS) is 11.3. The maximum Gasteiger partial charge on any atom is 0.240 e. The Balaban J connectivity index is 1.68. The second-order valence-corrected chi connectivity index (χ2v) is 7.51. The highest BCUT2D eigenvalue weighted by molar-refractivity contribution is 7.89. The van der Waals surface area contributed by atoms with E-state index in [9.17, 15) is 8.42 Å². The van der Waals surface area contributed by atoms with E-state index < -0.39 is 10.0 Å². The zero-order valence-electron chi connectivity index (χ0n) is 14.4. The van der Waals surface area contributed by atoms with Crippen LogP contribution in [0.4, 0.5) is 0 Å². The number of ether oxygens (including phenoxy) is 1. The van der Waals surface area contributed by atoms with Gasteiger partial charge in [0.15, 0.2) is 0 Å². The average molecular weight is 368 g/mol. The first-order valence-corrected chi connectivity index (χ1v) is 9.81. The van der Waals surface area contributed by atoms with E-state index in [-0.39, 0.29) is 11.4 Å². The van der Waals surface area contributed by atoms with Crippen molar-refractivity contribution in [2.45, 2.75) is 24.8 Å². The second kappa shape index (κ2) is 8.12. The Morgan fingerprint density at radius 2 is 1.77 bits per heavy atom. The molecule has 0 spiro atoms. The summed E-state index contributed by atoms with van der Waals surface area (Å²) in [5, 5.41) is 0. The second-order valence-electron chi connectivity index (χ2n) is 5.74. The van der Waals surface area contributed by atoms with Gasteiger partial charge in [-0.2, -0.15) is 0 Å². The van der Waals surface area contributed by atoms with Crippen LogP contribution < -0.4 is 9.46 Å². The van der Waals surface area contributed by atoms with E-state index in [0.29, 0.717) is 11.6 Å². The Bertz CT molecular complexity index is 956. The lowest BCUT2D eigenvalue weighted by Crippen LogP contribution is -2.23. The van der Waals surface area contributed by atoms with Crippen LogP contribution in [-0.4, -0.2) is 13.4 Å². The molecule has 2 aromatic carbocycles. The van der Waals surface area contributed by atoms with Crippen LogP contribution in [0.1, 0.15) is 18.1 Å². The standard InChI is InChI=1S/C20H20N2O3S/c1-2-16-9-11-19(12-10-16)26(23,24)22-15-17-6-5-7-18(14-17)25-20-8-3-4-13-21-20/h3-14,22H,2,15H2,1H3. The third-order valence-corrected chi connectivity index (χ3v) is 5.28. The zero-order chi connectivity index (χ0) is 18.4. The lowest BCUT2D eigenvalue weighted by atomic mass is 10.2. The lowest BCUT2D eigenvalue weighted by molar-refractivity contribution is 0.462. The molecule has 1 heterocycles. The maximum atomic E-state index is 12.4. The minimum absolute atomic E-state index is 0.178. The first-order valence-electron chi connectivity index (χ1n) is 8.33. The average Bonchev–Trinajstić information content (AvgIpc) is 2.68. The van der Waals surface area contributed by atoms with Crippen LogP contribution in [0.2, 0.25) is 0 Å². The number of hydrogen-bond acceptors (Lipinski definition) is 4. The highest BCUT2D eigenvalue weighted by Crippen LogP contribution is 2.20. The Morgan fingerprint density at radius 1 is 0.962 bits per heavy atom. The summed E-state index contributed by atoms with van der Waals surface area (Å²) in [6.45, 7) is 2.21. The minimum Gasteiger partial charge on any atom is -0.439 e. The van der Waals surface area contributed by atoms with Gasteiger partial charge in [0, 0.05) is 18.8 Å². The van der Waals surface area contributed by atoms with Crippen LogP contribution in [0, 0.1) is 0 Å². The fraction of sp³-hybridized carbons (Fsp3) is 0.150. The van der Waals surface area contributed by atoms with Gasteiger partial charge in [0.2, 0.25) is 15.9 Å². The number of sulfonamides is 1. The van der Waals surface area contributed by atoms with Crippen molar-refractivity contribution >= 4 is 10.0 Å². The van der Waals surface area contributed by atoms with Crippen molar-refractivity contribution in [1.82, 2.24) is 9.71 Å². The van der Waals surface area contributed by atoms with Gasteiger partial charge in [-0.25, -0.2) is 18.1 Å². The molecule has 6 heteroatoms. The summed E-state index contributed by atoms with van der Waals surface area (Å²) in [5.41, 5.74) is 1.90. The Hall–Kier alpha value is -2.70. The van der Waals surface area contributed by atoms with Gasteiger partial charge in [0.25, 0.3) is 0 Å². The molecule has 0 aliphatic rings. The predicted octanol–water partition coefficient (Wildman–Crippen LogP) is 3.91. The molecule has 3 rings (SSSR count). The van der Waals surface area contributed by atoms with E-state index in [4.69, 9.17) is 4.74 Å². The highest BCUT2D eigenvalue weighted by Gasteiger charge is 2.13. The number of benzene rings is 2. The Kier molecular flexibility index (Phi) is 5.65. The Labute approximate surface area is 153 Å². The largest absolute Gasteiger partial charge is 0.439 e. The van der Waals surface area contributed by atoms with Crippen molar-refractivity contribution in [2.24, 2.45) is 0 Å². The van der Waals surface area contributed by atoms with Crippen LogP contribution in [0.5, 0.6) is 11.6 Å². The lowest BCUT2D eigenvalue weighted by Gasteiger charge is -2.09. The van der Waals surface area contributed by atoms with E-state index in [1.54, 1.807) is 36.5 Å². The molecule has 0 unspecified atom stereocenters. The van der Waals surface area contributed by atoms with Gasteiger partial charge in [-0.05, 0) is 47.9 Å². The molecule has 1 aromatic heterocycles. The van der Waals surface area contributed by atoms with Crippen LogP contribution >= 0.6 is 0 Å². The third-order valence-electron chi connectivity index (χ3n) is 3.87. The van der Waals surface area contributed by atoms with E-state index in [2.05, 4.69) is 9.71 Å². The molecule has 0 atom stereocenters. The van der Waals surface area contributed by atoms with Crippen LogP contribution in [0.15, 0.2) is 77.8 Å². The van der Waals surface area contributed by atoms with E-state index in [0.717, 1.165) is 17.5 Å². The number of nitrogens with zero attached hydrogens (tertiary/aromatic N) is 1. The summed E-state index contributed by atoms with van der Waals surface area (Å²) < 4.78 is 33.2. The number of pyridine rings is 1. The molecule has 0 saturated heterocycles. The van der Waals surface area contributed by atoms with Crippen molar-refractivity contribution in [3.05, 3.63) is 84.1 Å². The van der Waals surface area contributed by atoms with Crippen molar-refractivity contribution in [2.75, 3.05) is 0 Å². The number of rotatable bonds is 7. The van der Waals surface area contributed by atoms with E-state index in [1.807, 2.05) is 43.3 Å². The van der Waals surface area contributed by atoms with Gasteiger partial charge in [-0.1, -0.05) is 37.3 Å². The molecule has 0 saturated carbocycles.